The van der Waals surface area contributed by atoms with E-state index in [4.69, 9.17) is 4.74 Å². The van der Waals surface area contributed by atoms with Crippen LogP contribution in [-0.4, -0.2) is 47.3 Å². The number of amides is 1. The van der Waals surface area contributed by atoms with Crippen molar-refractivity contribution >= 4 is 5.91 Å². The van der Waals surface area contributed by atoms with Crippen molar-refractivity contribution in [1.82, 2.24) is 20.0 Å². The van der Waals surface area contributed by atoms with Crippen LogP contribution in [0.5, 0.6) is 5.75 Å². The topological polar surface area (TPSA) is 59.4 Å². The second-order valence-corrected chi connectivity index (χ2v) is 7.55. The predicted octanol–water partition coefficient (Wildman–Crippen LogP) is 2.95. The number of rotatable bonds is 8. The quantitative estimate of drug-likeness (QED) is 0.760. The number of carbonyl (C=O) groups is 1. The Balaban J connectivity index is 1.46. The summed E-state index contributed by atoms with van der Waals surface area (Å²) in [5.41, 5.74) is 2.28. The van der Waals surface area contributed by atoms with Gasteiger partial charge in [0.2, 0.25) is 5.91 Å². The standard InChI is InChI=1S/C22H32N4O2/c1-4-28-20-9-7-17(8-10-20)5-6-18-11-13-26(14-12-18)22(27)21(23-2)19-15-24-25(3)16-19/h7-10,15-16,18,21,23H,4-6,11-14H2,1-3H3. The largest absolute Gasteiger partial charge is 0.494 e. The Morgan fingerprint density at radius 3 is 2.57 bits per heavy atom. The summed E-state index contributed by atoms with van der Waals surface area (Å²) < 4.78 is 7.24. The highest BCUT2D eigenvalue weighted by Crippen LogP contribution is 2.25. The van der Waals surface area contributed by atoms with Crippen molar-refractivity contribution in [1.29, 1.82) is 0 Å². The van der Waals surface area contributed by atoms with Crippen LogP contribution in [0.3, 0.4) is 0 Å². The first-order valence-electron chi connectivity index (χ1n) is 10.3. The molecule has 152 valence electrons. The maximum atomic E-state index is 12.9. The fourth-order valence-corrected chi connectivity index (χ4v) is 3.94. The van der Waals surface area contributed by atoms with Crippen LogP contribution in [0.4, 0.5) is 0 Å². The molecule has 0 bridgehead atoms. The molecule has 1 aromatic carbocycles. The Labute approximate surface area is 167 Å². The lowest BCUT2D eigenvalue weighted by atomic mass is 9.90. The summed E-state index contributed by atoms with van der Waals surface area (Å²) in [7, 11) is 3.70. The molecule has 1 unspecified atom stereocenters. The Morgan fingerprint density at radius 2 is 2.00 bits per heavy atom. The number of aromatic nitrogens is 2. The molecular formula is C22H32N4O2. The van der Waals surface area contributed by atoms with Crippen LogP contribution in [0.15, 0.2) is 36.7 Å². The fraction of sp³-hybridized carbons (Fsp3) is 0.545. The highest BCUT2D eigenvalue weighted by Gasteiger charge is 2.29. The molecule has 1 amide bonds. The van der Waals surface area contributed by atoms with Gasteiger partial charge in [0.15, 0.2) is 0 Å². The third-order valence-corrected chi connectivity index (χ3v) is 5.60. The zero-order chi connectivity index (χ0) is 19.9. The Morgan fingerprint density at radius 1 is 1.29 bits per heavy atom. The lowest BCUT2D eigenvalue weighted by Gasteiger charge is -2.34. The van der Waals surface area contributed by atoms with Gasteiger partial charge >= 0.3 is 0 Å². The second kappa shape index (κ2) is 9.73. The minimum atomic E-state index is -0.311. The van der Waals surface area contributed by atoms with Crippen LogP contribution in [0.1, 0.15) is 43.4 Å². The van der Waals surface area contributed by atoms with Gasteiger partial charge in [-0.1, -0.05) is 12.1 Å². The number of piperidine rings is 1. The molecule has 2 heterocycles. The number of ether oxygens (including phenoxy) is 1. The number of likely N-dealkylation sites (tertiary alicyclic amines) is 1. The number of hydrogen-bond donors (Lipinski definition) is 1. The van der Waals surface area contributed by atoms with E-state index in [0.29, 0.717) is 12.5 Å². The van der Waals surface area contributed by atoms with Gasteiger partial charge in [0, 0.05) is 31.9 Å². The number of benzene rings is 1. The zero-order valence-corrected chi connectivity index (χ0v) is 17.2. The van der Waals surface area contributed by atoms with E-state index in [1.54, 1.807) is 10.9 Å². The smallest absolute Gasteiger partial charge is 0.244 e. The molecule has 0 spiro atoms. The van der Waals surface area contributed by atoms with Crippen molar-refractivity contribution in [2.75, 3.05) is 26.7 Å². The maximum absolute atomic E-state index is 12.9. The number of likely N-dealkylation sites (N-methyl/N-ethyl adjacent to an activating group) is 1. The van der Waals surface area contributed by atoms with E-state index in [1.807, 2.05) is 32.1 Å². The molecule has 1 fully saturated rings. The minimum Gasteiger partial charge on any atom is -0.494 e. The van der Waals surface area contributed by atoms with Crippen molar-refractivity contribution in [3.05, 3.63) is 47.8 Å². The number of nitrogens with one attached hydrogen (secondary N) is 1. The summed E-state index contributed by atoms with van der Waals surface area (Å²) in [5.74, 6) is 1.77. The van der Waals surface area contributed by atoms with Crippen LogP contribution in [0.25, 0.3) is 0 Å². The van der Waals surface area contributed by atoms with Gasteiger partial charge in [0.25, 0.3) is 0 Å². The summed E-state index contributed by atoms with van der Waals surface area (Å²) in [6.07, 6.45) is 8.08. The molecule has 6 nitrogen and oxygen atoms in total. The van der Waals surface area contributed by atoms with E-state index < -0.39 is 0 Å². The molecule has 1 aliphatic rings. The Bertz CT molecular complexity index is 748. The molecule has 1 atom stereocenters. The summed E-state index contributed by atoms with van der Waals surface area (Å²) in [4.78, 5) is 14.9. The third kappa shape index (κ3) is 5.13. The van der Waals surface area contributed by atoms with Gasteiger partial charge in [0.1, 0.15) is 11.8 Å². The second-order valence-electron chi connectivity index (χ2n) is 7.55. The van der Waals surface area contributed by atoms with Gasteiger partial charge in [-0.3, -0.25) is 9.48 Å². The van der Waals surface area contributed by atoms with Crippen molar-refractivity contribution < 1.29 is 9.53 Å². The van der Waals surface area contributed by atoms with E-state index >= 15 is 0 Å². The predicted molar refractivity (Wildman–Crippen MR) is 110 cm³/mol. The SMILES string of the molecule is CCOc1ccc(CCC2CCN(C(=O)C(NC)c3cnn(C)c3)CC2)cc1. The highest BCUT2D eigenvalue weighted by atomic mass is 16.5. The highest BCUT2D eigenvalue weighted by molar-refractivity contribution is 5.83. The van der Waals surface area contributed by atoms with E-state index in [2.05, 4.69) is 34.7 Å². The minimum absolute atomic E-state index is 0.153. The molecule has 28 heavy (non-hydrogen) atoms. The molecule has 2 aromatic rings. The van der Waals surface area contributed by atoms with Crippen LogP contribution < -0.4 is 10.1 Å². The van der Waals surface area contributed by atoms with Gasteiger partial charge in [0.05, 0.1) is 12.8 Å². The van der Waals surface area contributed by atoms with E-state index in [9.17, 15) is 4.79 Å². The van der Waals surface area contributed by atoms with Gasteiger partial charge in [-0.15, -0.1) is 0 Å². The van der Waals surface area contributed by atoms with E-state index in [-0.39, 0.29) is 11.9 Å². The van der Waals surface area contributed by atoms with Gasteiger partial charge in [-0.05, 0) is 63.3 Å². The summed E-state index contributed by atoms with van der Waals surface area (Å²) in [5, 5.41) is 7.34. The van der Waals surface area contributed by atoms with E-state index in [1.165, 1.54) is 12.0 Å². The van der Waals surface area contributed by atoms with Gasteiger partial charge in [-0.25, -0.2) is 0 Å². The van der Waals surface area contributed by atoms with Crippen molar-refractivity contribution in [2.45, 2.75) is 38.6 Å². The third-order valence-electron chi connectivity index (χ3n) is 5.60. The Hall–Kier alpha value is -2.34. The molecule has 0 radical (unpaired) electrons. The molecule has 1 saturated heterocycles. The van der Waals surface area contributed by atoms with Crippen molar-refractivity contribution in [3.63, 3.8) is 0 Å². The average molecular weight is 385 g/mol. The molecule has 1 N–H and O–H groups in total. The van der Waals surface area contributed by atoms with Crippen LogP contribution in [0, 0.1) is 5.92 Å². The summed E-state index contributed by atoms with van der Waals surface area (Å²) in [6, 6.07) is 8.12. The normalized spacial score (nSPS) is 16.2. The molecular weight excluding hydrogens is 352 g/mol. The monoisotopic (exact) mass is 384 g/mol. The van der Waals surface area contributed by atoms with Crippen LogP contribution in [-0.2, 0) is 18.3 Å². The van der Waals surface area contributed by atoms with Crippen molar-refractivity contribution in [3.8, 4) is 5.75 Å². The number of aryl methyl sites for hydroxylation is 2. The molecule has 1 aliphatic heterocycles. The van der Waals surface area contributed by atoms with Gasteiger partial charge < -0.3 is 15.0 Å². The lowest BCUT2D eigenvalue weighted by Crippen LogP contribution is -2.44. The van der Waals surface area contributed by atoms with E-state index in [0.717, 1.165) is 43.7 Å². The molecule has 0 saturated carbocycles. The first kappa shape index (κ1) is 20.4. The number of hydrogen-bond acceptors (Lipinski definition) is 4. The van der Waals surface area contributed by atoms with Gasteiger partial charge in [-0.2, -0.15) is 5.10 Å². The number of carbonyl (C=O) groups excluding carboxylic acids is 1. The van der Waals surface area contributed by atoms with Crippen LogP contribution in [0.2, 0.25) is 0 Å². The first-order chi connectivity index (χ1) is 13.6. The molecule has 1 aromatic heterocycles. The molecule has 6 heteroatoms. The van der Waals surface area contributed by atoms with Crippen LogP contribution >= 0.6 is 0 Å². The first-order valence-corrected chi connectivity index (χ1v) is 10.3. The Kier molecular flexibility index (Phi) is 7.09. The zero-order valence-electron chi connectivity index (χ0n) is 17.2. The fourth-order valence-electron chi connectivity index (χ4n) is 3.94. The average Bonchev–Trinajstić information content (AvgIpc) is 3.14. The molecule has 3 rings (SSSR count). The summed E-state index contributed by atoms with van der Waals surface area (Å²) in [6.45, 7) is 4.38. The maximum Gasteiger partial charge on any atom is 0.244 e. The lowest BCUT2D eigenvalue weighted by molar-refractivity contribution is -0.135. The summed E-state index contributed by atoms with van der Waals surface area (Å²) >= 11 is 0. The molecule has 0 aliphatic carbocycles. The van der Waals surface area contributed by atoms with Crippen molar-refractivity contribution in [2.24, 2.45) is 13.0 Å². The number of nitrogens with zero attached hydrogens (tertiary/aromatic N) is 3.